The third-order valence-electron chi connectivity index (χ3n) is 15.8. The minimum Gasteiger partial charge on any atom is -0.0616 e. The van der Waals surface area contributed by atoms with Gasteiger partial charge in [-0.1, -0.05) is 243 Å². The van der Waals surface area contributed by atoms with Crippen LogP contribution >= 0.6 is 0 Å². The zero-order chi connectivity index (χ0) is 48.7. The van der Waals surface area contributed by atoms with E-state index in [0.717, 1.165) is 0 Å². The van der Waals surface area contributed by atoms with Crippen LogP contribution in [0.1, 0.15) is 0 Å². The Bertz CT molecular complexity index is 4460. The van der Waals surface area contributed by atoms with Crippen molar-refractivity contribution in [2.24, 2.45) is 0 Å². The second kappa shape index (κ2) is 17.0. The van der Waals surface area contributed by atoms with Crippen molar-refractivity contribution < 1.29 is 0 Å². The van der Waals surface area contributed by atoms with Gasteiger partial charge in [-0.3, -0.25) is 0 Å². The lowest BCUT2D eigenvalue weighted by atomic mass is 9.83. The zero-order valence-corrected chi connectivity index (χ0v) is 40.6. The second-order valence-electron chi connectivity index (χ2n) is 19.9. The summed E-state index contributed by atoms with van der Waals surface area (Å²) in [5.74, 6) is 0. The van der Waals surface area contributed by atoms with Gasteiger partial charge in [0.2, 0.25) is 0 Å². The van der Waals surface area contributed by atoms with E-state index in [-0.39, 0.29) is 0 Å². The first-order chi connectivity index (χ1) is 36.7. The lowest BCUT2D eigenvalue weighted by Crippen LogP contribution is -1.92. The number of fused-ring (bicyclic) bond motifs is 8. The van der Waals surface area contributed by atoms with Crippen LogP contribution in [0.2, 0.25) is 0 Å². The quantitative estimate of drug-likeness (QED) is 0.146. The highest BCUT2D eigenvalue weighted by Gasteiger charge is 2.21. The van der Waals surface area contributed by atoms with E-state index in [4.69, 9.17) is 0 Å². The van der Waals surface area contributed by atoms with Crippen LogP contribution in [0.5, 0.6) is 0 Å². The van der Waals surface area contributed by atoms with Gasteiger partial charge in [-0.15, -0.1) is 0 Å². The summed E-state index contributed by atoms with van der Waals surface area (Å²) in [4.78, 5) is 0. The molecule has 15 aromatic rings. The first kappa shape index (κ1) is 42.1. The van der Waals surface area contributed by atoms with Gasteiger partial charge in [-0.2, -0.15) is 0 Å². The number of hydrogen-bond donors (Lipinski definition) is 0. The largest absolute Gasteiger partial charge is 0.0616 e. The van der Waals surface area contributed by atoms with Gasteiger partial charge in [0.25, 0.3) is 0 Å². The van der Waals surface area contributed by atoms with Gasteiger partial charge in [0.1, 0.15) is 0 Å². The Morgan fingerprint density at radius 2 is 0.338 bits per heavy atom. The highest BCUT2D eigenvalue weighted by atomic mass is 14.2. The fourth-order valence-electron chi connectivity index (χ4n) is 12.2. The van der Waals surface area contributed by atoms with Crippen molar-refractivity contribution in [1.29, 1.82) is 0 Å². The van der Waals surface area contributed by atoms with E-state index in [9.17, 15) is 0 Å². The van der Waals surface area contributed by atoms with Crippen LogP contribution in [0.25, 0.3) is 153 Å². The minimum absolute atomic E-state index is 1.18. The van der Waals surface area contributed by atoms with E-state index in [1.165, 1.54) is 153 Å². The molecule has 0 radical (unpaired) electrons. The molecule has 0 aromatic heterocycles. The van der Waals surface area contributed by atoms with E-state index in [1.54, 1.807) is 0 Å². The van der Waals surface area contributed by atoms with Crippen molar-refractivity contribution in [2.45, 2.75) is 0 Å². The molecular formula is C74H46. The maximum Gasteiger partial charge on any atom is -0.00259 e. The molecule has 342 valence electrons. The summed E-state index contributed by atoms with van der Waals surface area (Å²) in [7, 11) is 0. The molecule has 0 heteroatoms. The van der Waals surface area contributed by atoms with Gasteiger partial charge in [-0.05, 0) is 189 Å². The van der Waals surface area contributed by atoms with Crippen molar-refractivity contribution in [3.8, 4) is 66.8 Å². The minimum atomic E-state index is 1.18. The van der Waals surface area contributed by atoms with Gasteiger partial charge in [-0.25, -0.2) is 0 Å². The molecular weight excluding hydrogens is 889 g/mol. The average molecular weight is 935 g/mol. The van der Waals surface area contributed by atoms with Crippen molar-refractivity contribution >= 4 is 86.2 Å². The van der Waals surface area contributed by atoms with E-state index < -0.39 is 0 Å². The number of hydrogen-bond acceptors (Lipinski definition) is 0. The van der Waals surface area contributed by atoms with Gasteiger partial charge < -0.3 is 0 Å². The molecule has 0 spiro atoms. The van der Waals surface area contributed by atoms with Crippen LogP contribution in [0.3, 0.4) is 0 Å². The molecule has 0 aliphatic carbocycles. The maximum atomic E-state index is 2.44. The van der Waals surface area contributed by atoms with Crippen LogP contribution in [0.4, 0.5) is 0 Å². The Hall–Kier alpha value is -9.62. The van der Waals surface area contributed by atoms with Crippen LogP contribution < -0.4 is 0 Å². The zero-order valence-electron chi connectivity index (χ0n) is 40.6. The molecule has 0 amide bonds. The summed E-state index contributed by atoms with van der Waals surface area (Å²) in [5, 5.41) is 19.9. The summed E-state index contributed by atoms with van der Waals surface area (Å²) < 4.78 is 0. The second-order valence-corrected chi connectivity index (χ2v) is 19.9. The van der Waals surface area contributed by atoms with Crippen LogP contribution in [-0.4, -0.2) is 0 Å². The molecule has 15 aromatic carbocycles. The maximum absolute atomic E-state index is 2.44. The van der Waals surface area contributed by atoms with Crippen molar-refractivity contribution in [2.75, 3.05) is 0 Å². The highest BCUT2D eigenvalue weighted by molar-refractivity contribution is 6.24. The summed E-state index contributed by atoms with van der Waals surface area (Å²) in [6.07, 6.45) is 0. The Kier molecular flexibility index (Phi) is 9.68. The van der Waals surface area contributed by atoms with Crippen molar-refractivity contribution in [3.05, 3.63) is 279 Å². The van der Waals surface area contributed by atoms with Gasteiger partial charge in [0.05, 0.1) is 0 Å². The Morgan fingerprint density at radius 3 is 0.635 bits per heavy atom. The molecule has 0 heterocycles. The molecule has 0 N–H and O–H groups in total. The first-order valence-corrected chi connectivity index (χ1v) is 25.7. The lowest BCUT2D eigenvalue weighted by Gasteiger charge is -2.20. The molecule has 0 fully saturated rings. The highest BCUT2D eigenvalue weighted by Crippen LogP contribution is 2.48. The number of rotatable bonds is 6. The summed E-state index contributed by atoms with van der Waals surface area (Å²) in [5.41, 5.74) is 14.7. The number of benzene rings is 15. The molecule has 0 unspecified atom stereocenters. The van der Waals surface area contributed by atoms with E-state index in [0.29, 0.717) is 0 Å². The SMILES string of the molecule is c1ccc2cc(-c3c4ccccc4c(-c4ccc5ccccc5c4)c4cc(-c5ccc(-c6ccc7c(-c8ccc9ccccc9c8)c8ccccc8c(-c8ccc9ccccc9c8)c7c6)cc5)ccc34)ccc2c1. The van der Waals surface area contributed by atoms with Crippen LogP contribution in [0.15, 0.2) is 279 Å². The van der Waals surface area contributed by atoms with E-state index >= 15 is 0 Å². The first-order valence-electron chi connectivity index (χ1n) is 25.7. The molecule has 0 saturated carbocycles. The monoisotopic (exact) mass is 934 g/mol. The van der Waals surface area contributed by atoms with E-state index in [2.05, 4.69) is 279 Å². The Morgan fingerprint density at radius 1 is 0.122 bits per heavy atom. The van der Waals surface area contributed by atoms with Crippen molar-refractivity contribution in [3.63, 3.8) is 0 Å². The van der Waals surface area contributed by atoms with E-state index in [1.807, 2.05) is 0 Å². The van der Waals surface area contributed by atoms with Crippen LogP contribution in [-0.2, 0) is 0 Å². The van der Waals surface area contributed by atoms with Gasteiger partial charge >= 0.3 is 0 Å². The third-order valence-corrected chi connectivity index (χ3v) is 15.8. The average Bonchev–Trinajstić information content (AvgIpc) is 3.48. The fourth-order valence-corrected chi connectivity index (χ4v) is 12.2. The molecule has 15 rings (SSSR count). The van der Waals surface area contributed by atoms with Gasteiger partial charge in [0, 0.05) is 0 Å². The smallest absolute Gasteiger partial charge is 0.00259 e. The van der Waals surface area contributed by atoms with Gasteiger partial charge in [0.15, 0.2) is 0 Å². The molecule has 0 bridgehead atoms. The molecule has 74 heavy (non-hydrogen) atoms. The predicted molar refractivity (Wildman–Crippen MR) is 319 cm³/mol. The summed E-state index contributed by atoms with van der Waals surface area (Å²) in [6.45, 7) is 0. The molecule has 0 aliphatic heterocycles. The molecule has 0 saturated heterocycles. The molecule has 0 atom stereocenters. The Balaban J connectivity index is 0.910. The lowest BCUT2D eigenvalue weighted by molar-refractivity contribution is 1.61. The van der Waals surface area contributed by atoms with Crippen LogP contribution in [0, 0.1) is 0 Å². The fraction of sp³-hybridized carbons (Fsp3) is 0. The third kappa shape index (κ3) is 6.91. The molecule has 0 aliphatic rings. The summed E-state index contributed by atoms with van der Waals surface area (Å²) >= 11 is 0. The predicted octanol–water partition coefficient (Wildman–Crippen LogP) is 20.9. The van der Waals surface area contributed by atoms with Crippen molar-refractivity contribution in [1.82, 2.24) is 0 Å². The normalized spacial score (nSPS) is 11.8. The standard InChI is InChI=1S/C74H46/c1-5-17-53-41-59(33-29-47(53)13-1)71-63-21-9-11-23-65(63)73(61-35-31-49-15-3-7-19-55(49)43-61)69-45-57(37-39-67(69)71)51-25-27-52(28-26-51)58-38-40-68-70(46-58)74(62-36-32-50-16-4-8-20-56(50)44-62)66-24-12-10-22-64(66)72(68)60-34-30-48-14-2-6-18-54(48)42-60/h1-46H. The Labute approximate surface area is 429 Å². The topological polar surface area (TPSA) is 0 Å². The molecule has 0 nitrogen and oxygen atoms in total. The summed E-state index contributed by atoms with van der Waals surface area (Å²) in [6, 6.07) is 104.